The number of para-hydroxylation sites is 2. The van der Waals surface area contributed by atoms with Crippen molar-refractivity contribution < 1.29 is 24.0 Å². The molecule has 27 heavy (non-hydrogen) atoms. The van der Waals surface area contributed by atoms with Crippen LogP contribution in [-0.4, -0.2) is 36.5 Å². The summed E-state index contributed by atoms with van der Waals surface area (Å²) >= 11 is 0. The van der Waals surface area contributed by atoms with Crippen molar-refractivity contribution in [2.75, 3.05) is 23.9 Å². The molecule has 0 aromatic heterocycles. The van der Waals surface area contributed by atoms with Crippen LogP contribution in [0.3, 0.4) is 0 Å². The number of benzene rings is 2. The Morgan fingerprint density at radius 2 is 2.00 bits per heavy atom. The van der Waals surface area contributed by atoms with Gasteiger partial charge in [0, 0.05) is 6.07 Å². The monoisotopic (exact) mass is 371 g/mol. The highest BCUT2D eigenvalue weighted by molar-refractivity contribution is 6.10. The Morgan fingerprint density at radius 1 is 1.26 bits per heavy atom. The van der Waals surface area contributed by atoms with E-state index < -0.39 is 16.9 Å². The Morgan fingerprint density at radius 3 is 2.70 bits per heavy atom. The molecule has 0 spiro atoms. The van der Waals surface area contributed by atoms with Crippen molar-refractivity contribution in [3.8, 4) is 11.5 Å². The lowest BCUT2D eigenvalue weighted by Crippen LogP contribution is -2.47. The van der Waals surface area contributed by atoms with E-state index in [0.29, 0.717) is 11.4 Å². The summed E-state index contributed by atoms with van der Waals surface area (Å²) in [5.41, 5.74) is 0.902. The van der Waals surface area contributed by atoms with E-state index in [1.165, 1.54) is 37.1 Å². The Kier molecular flexibility index (Phi) is 4.93. The van der Waals surface area contributed by atoms with Gasteiger partial charge in [-0.2, -0.15) is 0 Å². The number of non-ortho nitro benzene ring substituents is 1. The third-order valence-electron chi connectivity index (χ3n) is 4.05. The zero-order chi connectivity index (χ0) is 19.6. The molecule has 1 aliphatic heterocycles. The fourth-order valence-electron chi connectivity index (χ4n) is 2.76. The molecule has 0 bridgehead atoms. The standard InChI is InChI=1S/C18H17N3O6/c1-11(27-16-9-12(21(24)25)7-8-15(16)26-2)18(23)20-10-17(22)19-13-5-3-4-6-14(13)20/h3-9,11H,10H2,1-2H3,(H,19,22)/t11-/m0/s1. The minimum atomic E-state index is -1.00. The predicted octanol–water partition coefficient (Wildman–Crippen LogP) is 2.36. The average Bonchev–Trinajstić information content (AvgIpc) is 2.66. The molecule has 3 rings (SSSR count). The van der Waals surface area contributed by atoms with Gasteiger partial charge in [-0.1, -0.05) is 12.1 Å². The first kappa shape index (κ1) is 18.2. The number of nitro groups is 1. The van der Waals surface area contributed by atoms with Crippen LogP contribution in [0.5, 0.6) is 11.5 Å². The summed E-state index contributed by atoms with van der Waals surface area (Å²) in [6.07, 6.45) is -1.00. The van der Waals surface area contributed by atoms with Gasteiger partial charge in [0.05, 0.1) is 29.5 Å². The van der Waals surface area contributed by atoms with Crippen LogP contribution in [0.4, 0.5) is 17.1 Å². The van der Waals surface area contributed by atoms with Gasteiger partial charge in [0.2, 0.25) is 5.91 Å². The molecule has 0 aliphatic carbocycles. The maximum atomic E-state index is 12.9. The number of nitrogens with one attached hydrogen (secondary N) is 1. The molecule has 0 fully saturated rings. The summed E-state index contributed by atoms with van der Waals surface area (Å²) in [4.78, 5) is 36.5. The lowest BCUT2D eigenvalue weighted by Gasteiger charge is -2.31. The van der Waals surface area contributed by atoms with E-state index in [-0.39, 0.29) is 29.6 Å². The van der Waals surface area contributed by atoms with Crippen molar-refractivity contribution in [2.45, 2.75) is 13.0 Å². The summed E-state index contributed by atoms with van der Waals surface area (Å²) in [5.74, 6) is -0.438. The van der Waals surface area contributed by atoms with Gasteiger partial charge < -0.3 is 14.8 Å². The van der Waals surface area contributed by atoms with Crippen LogP contribution in [0, 0.1) is 10.1 Å². The van der Waals surface area contributed by atoms with Crippen molar-refractivity contribution in [3.05, 3.63) is 52.6 Å². The van der Waals surface area contributed by atoms with Crippen LogP contribution in [0.25, 0.3) is 0 Å². The van der Waals surface area contributed by atoms with Gasteiger partial charge in [-0.05, 0) is 25.1 Å². The molecule has 0 radical (unpaired) electrons. The number of nitrogens with zero attached hydrogens (tertiary/aromatic N) is 2. The van der Waals surface area contributed by atoms with Gasteiger partial charge in [-0.3, -0.25) is 24.6 Å². The van der Waals surface area contributed by atoms with Crippen molar-refractivity contribution in [1.29, 1.82) is 0 Å². The van der Waals surface area contributed by atoms with Gasteiger partial charge in [0.25, 0.3) is 11.6 Å². The smallest absolute Gasteiger partial charge is 0.273 e. The highest BCUT2D eigenvalue weighted by Crippen LogP contribution is 2.33. The number of methoxy groups -OCH3 is 1. The number of amides is 2. The first-order valence-corrected chi connectivity index (χ1v) is 8.10. The van der Waals surface area contributed by atoms with Crippen molar-refractivity contribution in [2.24, 2.45) is 0 Å². The van der Waals surface area contributed by atoms with E-state index in [2.05, 4.69) is 5.32 Å². The van der Waals surface area contributed by atoms with E-state index >= 15 is 0 Å². The average molecular weight is 371 g/mol. The highest BCUT2D eigenvalue weighted by Gasteiger charge is 2.31. The maximum Gasteiger partial charge on any atom is 0.273 e. The lowest BCUT2D eigenvalue weighted by molar-refractivity contribution is -0.385. The number of anilines is 2. The number of hydrogen-bond acceptors (Lipinski definition) is 6. The topological polar surface area (TPSA) is 111 Å². The van der Waals surface area contributed by atoms with Crippen molar-refractivity contribution >= 4 is 28.9 Å². The summed E-state index contributed by atoms with van der Waals surface area (Å²) in [6.45, 7) is 1.37. The number of ether oxygens (including phenoxy) is 2. The quantitative estimate of drug-likeness (QED) is 0.638. The van der Waals surface area contributed by atoms with Crippen molar-refractivity contribution in [3.63, 3.8) is 0 Å². The largest absolute Gasteiger partial charge is 0.493 e. The van der Waals surface area contributed by atoms with Crippen molar-refractivity contribution in [1.82, 2.24) is 0 Å². The second kappa shape index (κ2) is 7.32. The second-order valence-electron chi connectivity index (χ2n) is 5.84. The first-order valence-electron chi connectivity index (χ1n) is 8.10. The molecule has 2 aromatic rings. The summed E-state index contributed by atoms with van der Waals surface area (Å²) in [5, 5.41) is 13.7. The van der Waals surface area contributed by atoms with Gasteiger partial charge in [-0.15, -0.1) is 0 Å². The molecule has 2 amide bonds. The van der Waals surface area contributed by atoms with E-state index in [0.717, 1.165) is 0 Å². The van der Waals surface area contributed by atoms with E-state index in [9.17, 15) is 19.7 Å². The van der Waals surface area contributed by atoms with Gasteiger partial charge >= 0.3 is 0 Å². The van der Waals surface area contributed by atoms with Crippen LogP contribution >= 0.6 is 0 Å². The van der Waals surface area contributed by atoms with Crippen LogP contribution in [0.1, 0.15) is 6.92 Å². The SMILES string of the molecule is COc1ccc([N+](=O)[O-])cc1O[C@@H](C)C(=O)N1CC(=O)Nc2ccccc21. The van der Waals surface area contributed by atoms with Crippen LogP contribution in [-0.2, 0) is 9.59 Å². The summed E-state index contributed by atoms with van der Waals surface area (Å²) < 4.78 is 10.8. The molecule has 2 aromatic carbocycles. The molecular weight excluding hydrogens is 354 g/mol. The Labute approximate surface area is 154 Å². The maximum absolute atomic E-state index is 12.9. The first-order chi connectivity index (χ1) is 12.9. The molecule has 0 saturated heterocycles. The molecule has 1 atom stereocenters. The van der Waals surface area contributed by atoms with E-state index in [1.807, 2.05) is 0 Å². The Balaban J connectivity index is 1.86. The normalized spacial score (nSPS) is 14.0. The number of hydrogen-bond donors (Lipinski definition) is 1. The zero-order valence-corrected chi connectivity index (χ0v) is 14.7. The Bertz CT molecular complexity index is 914. The fraction of sp³-hybridized carbons (Fsp3) is 0.222. The van der Waals surface area contributed by atoms with Crippen LogP contribution in [0.15, 0.2) is 42.5 Å². The van der Waals surface area contributed by atoms with Gasteiger partial charge in [0.15, 0.2) is 17.6 Å². The molecular formula is C18H17N3O6. The molecule has 0 unspecified atom stereocenters. The third kappa shape index (κ3) is 3.66. The molecule has 0 saturated carbocycles. The fourth-order valence-corrected chi connectivity index (χ4v) is 2.76. The molecule has 9 nitrogen and oxygen atoms in total. The number of carbonyl (C=O) groups is 2. The van der Waals surface area contributed by atoms with Gasteiger partial charge in [0.1, 0.15) is 6.54 Å². The number of fused-ring (bicyclic) bond motifs is 1. The van der Waals surface area contributed by atoms with Crippen LogP contribution < -0.4 is 19.7 Å². The molecule has 140 valence electrons. The number of nitro benzene ring substituents is 1. The molecule has 9 heteroatoms. The highest BCUT2D eigenvalue weighted by atomic mass is 16.6. The summed E-state index contributed by atoms with van der Waals surface area (Å²) in [7, 11) is 1.39. The minimum absolute atomic E-state index is 0.0716. The van der Waals surface area contributed by atoms with Gasteiger partial charge in [-0.25, -0.2) is 0 Å². The lowest BCUT2D eigenvalue weighted by atomic mass is 10.1. The van der Waals surface area contributed by atoms with E-state index in [4.69, 9.17) is 9.47 Å². The van der Waals surface area contributed by atoms with E-state index in [1.54, 1.807) is 24.3 Å². The summed E-state index contributed by atoms with van der Waals surface area (Å²) in [6, 6.07) is 10.8. The molecule has 1 N–H and O–H groups in total. The number of carbonyl (C=O) groups excluding carboxylic acids is 2. The Hall–Kier alpha value is -3.62. The van der Waals surface area contributed by atoms with Crippen LogP contribution in [0.2, 0.25) is 0 Å². The second-order valence-corrected chi connectivity index (χ2v) is 5.84. The molecule has 1 heterocycles. The minimum Gasteiger partial charge on any atom is -0.493 e. The predicted molar refractivity (Wildman–Crippen MR) is 97.2 cm³/mol. The third-order valence-corrected chi connectivity index (χ3v) is 4.05. The number of rotatable bonds is 5. The zero-order valence-electron chi connectivity index (χ0n) is 14.7. The molecule has 1 aliphatic rings.